The van der Waals surface area contributed by atoms with Gasteiger partial charge in [-0.3, -0.25) is 0 Å². The second-order valence-corrected chi connectivity index (χ2v) is 5.69. The van der Waals surface area contributed by atoms with Crippen LogP contribution < -0.4 is 4.90 Å². The van der Waals surface area contributed by atoms with Gasteiger partial charge in [0.05, 0.1) is 5.69 Å². The van der Waals surface area contributed by atoms with Crippen LogP contribution in [0.15, 0.2) is 43.0 Å². The fourth-order valence-corrected chi connectivity index (χ4v) is 3.19. The lowest BCUT2D eigenvalue weighted by atomic mass is 9.97. The maximum Gasteiger partial charge on any atom is 0.224 e. The van der Waals surface area contributed by atoms with Crippen LogP contribution in [0.1, 0.15) is 29.2 Å². The lowest BCUT2D eigenvalue weighted by Crippen LogP contribution is -2.20. The highest BCUT2D eigenvalue weighted by atomic mass is 35.5. The number of hydrogen-bond donors (Lipinski definition) is 0. The van der Waals surface area contributed by atoms with Crippen LogP contribution >= 0.6 is 11.6 Å². The molecule has 1 aliphatic carbocycles. The number of benzene rings is 1. The molecule has 1 unspecified atom stereocenters. The first-order valence-corrected chi connectivity index (χ1v) is 7.51. The molecule has 21 heavy (non-hydrogen) atoms. The van der Waals surface area contributed by atoms with Crippen molar-refractivity contribution in [1.29, 1.82) is 0 Å². The zero-order valence-corrected chi connectivity index (χ0v) is 12.8. The van der Waals surface area contributed by atoms with E-state index in [1.54, 1.807) is 0 Å². The molecular formula is C17H18ClN3. The second kappa shape index (κ2) is 5.86. The summed E-state index contributed by atoms with van der Waals surface area (Å²) in [5.41, 5.74) is 3.59. The summed E-state index contributed by atoms with van der Waals surface area (Å²) < 4.78 is 0. The minimum atomic E-state index is 0.317. The number of anilines is 1. The van der Waals surface area contributed by atoms with Gasteiger partial charge in [-0.25, -0.2) is 9.97 Å². The van der Waals surface area contributed by atoms with Crippen LogP contribution in [0.5, 0.6) is 0 Å². The van der Waals surface area contributed by atoms with E-state index in [0.717, 1.165) is 30.9 Å². The predicted octanol–water partition coefficient (Wildman–Crippen LogP) is 3.83. The Morgan fingerprint density at radius 2 is 2.10 bits per heavy atom. The molecule has 1 aromatic heterocycles. The van der Waals surface area contributed by atoms with Gasteiger partial charge in [-0.2, -0.15) is 0 Å². The highest BCUT2D eigenvalue weighted by Crippen LogP contribution is 2.40. The van der Waals surface area contributed by atoms with E-state index in [2.05, 4.69) is 45.7 Å². The number of rotatable bonds is 4. The van der Waals surface area contributed by atoms with E-state index in [4.69, 9.17) is 11.6 Å². The summed E-state index contributed by atoms with van der Waals surface area (Å²) in [4.78, 5) is 11.0. The van der Waals surface area contributed by atoms with Crippen molar-refractivity contribution in [2.45, 2.75) is 18.8 Å². The number of aromatic nitrogens is 2. The molecule has 2 aromatic rings. The summed E-state index contributed by atoms with van der Waals surface area (Å²) in [6.07, 6.45) is 3.91. The maximum atomic E-state index is 6.15. The molecule has 0 N–H and O–H groups in total. The van der Waals surface area contributed by atoms with Crippen LogP contribution in [0.25, 0.3) is 0 Å². The molecule has 0 saturated carbocycles. The number of halogens is 1. The smallest absolute Gasteiger partial charge is 0.224 e. The first kappa shape index (κ1) is 14.1. The third-order valence-electron chi connectivity index (χ3n) is 3.97. The van der Waals surface area contributed by atoms with Gasteiger partial charge in [0, 0.05) is 25.1 Å². The van der Waals surface area contributed by atoms with Crippen molar-refractivity contribution in [3.05, 3.63) is 65.1 Å². The second-order valence-electron chi connectivity index (χ2n) is 5.35. The average Bonchev–Trinajstić information content (AvgIpc) is 2.91. The molecule has 3 nitrogen and oxygen atoms in total. The first-order chi connectivity index (χ1) is 10.2. The van der Waals surface area contributed by atoms with Crippen LogP contribution in [0.2, 0.25) is 5.28 Å². The molecule has 1 aliphatic rings. The highest BCUT2D eigenvalue weighted by Gasteiger charge is 2.30. The molecule has 3 rings (SSSR count). The lowest BCUT2D eigenvalue weighted by Gasteiger charge is -2.20. The van der Waals surface area contributed by atoms with Crippen LogP contribution in [-0.2, 0) is 6.42 Å². The molecule has 0 spiro atoms. The summed E-state index contributed by atoms with van der Waals surface area (Å²) in [5.74, 6) is 1.25. The van der Waals surface area contributed by atoms with Gasteiger partial charge in [0.2, 0.25) is 5.28 Å². The van der Waals surface area contributed by atoms with Crippen molar-refractivity contribution in [2.24, 2.45) is 0 Å². The Labute approximate surface area is 130 Å². The van der Waals surface area contributed by atoms with Gasteiger partial charge in [-0.05, 0) is 30.0 Å². The van der Waals surface area contributed by atoms with Crippen LogP contribution in [0, 0.1) is 0 Å². The van der Waals surface area contributed by atoms with Gasteiger partial charge in [0.1, 0.15) is 5.82 Å². The standard InChI is InChI=1S/C17H18ClN3/c1-3-11-21(2)16-14-10-9-13(12-7-5-4-6-8-12)15(14)19-17(18)20-16/h3-8,13H,1,9-11H2,2H3. The number of nitrogens with zero attached hydrogens (tertiary/aromatic N) is 3. The molecule has 0 saturated heterocycles. The molecule has 0 radical (unpaired) electrons. The SMILES string of the molecule is C=CCN(C)c1nc(Cl)nc2c1CCC2c1ccccc1. The van der Waals surface area contributed by atoms with E-state index in [0.29, 0.717) is 11.2 Å². The van der Waals surface area contributed by atoms with Crippen molar-refractivity contribution in [3.8, 4) is 0 Å². The Hall–Kier alpha value is -1.87. The Morgan fingerprint density at radius 3 is 2.81 bits per heavy atom. The molecule has 0 aliphatic heterocycles. The maximum absolute atomic E-state index is 6.15. The highest BCUT2D eigenvalue weighted by molar-refractivity contribution is 6.28. The Balaban J connectivity index is 2.05. The summed E-state index contributed by atoms with van der Waals surface area (Å²) in [6, 6.07) is 10.5. The van der Waals surface area contributed by atoms with E-state index < -0.39 is 0 Å². The van der Waals surface area contributed by atoms with E-state index >= 15 is 0 Å². The topological polar surface area (TPSA) is 29.0 Å². The molecule has 1 atom stereocenters. The van der Waals surface area contributed by atoms with Gasteiger partial charge in [0.15, 0.2) is 0 Å². The molecule has 0 bridgehead atoms. The van der Waals surface area contributed by atoms with Crippen LogP contribution in [0.4, 0.5) is 5.82 Å². The van der Waals surface area contributed by atoms with Crippen LogP contribution in [0.3, 0.4) is 0 Å². The van der Waals surface area contributed by atoms with Crippen molar-refractivity contribution in [3.63, 3.8) is 0 Å². The van der Waals surface area contributed by atoms with E-state index in [9.17, 15) is 0 Å². The Morgan fingerprint density at radius 1 is 1.33 bits per heavy atom. The van der Waals surface area contributed by atoms with Crippen molar-refractivity contribution in [2.75, 3.05) is 18.5 Å². The monoisotopic (exact) mass is 299 g/mol. The van der Waals surface area contributed by atoms with E-state index in [1.165, 1.54) is 11.1 Å². The molecule has 1 heterocycles. The minimum Gasteiger partial charge on any atom is -0.356 e. The number of fused-ring (bicyclic) bond motifs is 1. The summed E-state index contributed by atoms with van der Waals surface area (Å²) in [5, 5.41) is 0.322. The summed E-state index contributed by atoms with van der Waals surface area (Å²) in [6.45, 7) is 4.53. The molecule has 0 fully saturated rings. The Bertz CT molecular complexity index is 655. The predicted molar refractivity (Wildman–Crippen MR) is 87.1 cm³/mol. The Kier molecular flexibility index (Phi) is 3.93. The fourth-order valence-electron chi connectivity index (χ4n) is 3.02. The fraction of sp³-hybridized carbons (Fsp3) is 0.294. The molecule has 108 valence electrons. The zero-order valence-electron chi connectivity index (χ0n) is 12.1. The number of hydrogen-bond acceptors (Lipinski definition) is 3. The van der Waals surface area contributed by atoms with Gasteiger partial charge >= 0.3 is 0 Å². The quantitative estimate of drug-likeness (QED) is 0.634. The largest absolute Gasteiger partial charge is 0.356 e. The third kappa shape index (κ3) is 2.66. The first-order valence-electron chi connectivity index (χ1n) is 7.14. The normalized spacial score (nSPS) is 16.6. The van der Waals surface area contributed by atoms with E-state index in [-0.39, 0.29) is 0 Å². The molecule has 4 heteroatoms. The van der Waals surface area contributed by atoms with Crippen molar-refractivity contribution >= 4 is 17.4 Å². The summed E-state index contributed by atoms with van der Waals surface area (Å²) in [7, 11) is 2.01. The third-order valence-corrected chi connectivity index (χ3v) is 4.14. The van der Waals surface area contributed by atoms with Gasteiger partial charge in [-0.15, -0.1) is 6.58 Å². The van der Waals surface area contributed by atoms with Crippen molar-refractivity contribution < 1.29 is 0 Å². The van der Waals surface area contributed by atoms with Crippen molar-refractivity contribution in [1.82, 2.24) is 9.97 Å². The van der Waals surface area contributed by atoms with Crippen LogP contribution in [-0.4, -0.2) is 23.6 Å². The van der Waals surface area contributed by atoms with Gasteiger partial charge < -0.3 is 4.90 Å². The average molecular weight is 300 g/mol. The van der Waals surface area contributed by atoms with Gasteiger partial charge in [0.25, 0.3) is 0 Å². The summed E-state index contributed by atoms with van der Waals surface area (Å²) >= 11 is 6.15. The number of likely N-dealkylation sites (N-methyl/N-ethyl adjacent to an activating group) is 1. The van der Waals surface area contributed by atoms with E-state index in [1.807, 2.05) is 19.2 Å². The lowest BCUT2D eigenvalue weighted by molar-refractivity contribution is 0.771. The molecule has 1 aromatic carbocycles. The molecule has 0 amide bonds. The zero-order chi connectivity index (χ0) is 14.8. The van der Waals surface area contributed by atoms with Gasteiger partial charge in [-0.1, -0.05) is 36.4 Å². The molecular weight excluding hydrogens is 282 g/mol. The minimum absolute atomic E-state index is 0.317.